The van der Waals surface area contributed by atoms with Gasteiger partial charge in [0, 0.05) is 50.0 Å². The molecule has 1 aromatic carbocycles. The molecule has 2 atom stereocenters. The molecule has 3 aromatic rings. The third kappa shape index (κ3) is 5.65. The molecule has 40 heavy (non-hydrogen) atoms. The maximum atomic E-state index is 15.2. The van der Waals surface area contributed by atoms with Crippen molar-refractivity contribution in [3.63, 3.8) is 0 Å². The Bertz CT molecular complexity index is 1990. The number of hydrogen-bond acceptors (Lipinski definition) is 4. The number of imidazole rings is 1. The molecule has 9 nitrogen and oxygen atoms in total. The first kappa shape index (κ1) is 16.3. The van der Waals surface area contributed by atoms with E-state index in [1.807, 2.05) is 0 Å². The highest BCUT2D eigenvalue weighted by atomic mass is 19.4. The van der Waals surface area contributed by atoms with Crippen LogP contribution >= 0.6 is 0 Å². The van der Waals surface area contributed by atoms with Crippen LogP contribution in [-0.4, -0.2) is 74.5 Å². The zero-order valence-electron chi connectivity index (χ0n) is 32.1. The molecule has 2 saturated heterocycles. The number of amides is 3. The summed E-state index contributed by atoms with van der Waals surface area (Å²) in [6.45, 7) is -13.7. The van der Waals surface area contributed by atoms with E-state index < -0.39 is 115 Å². The number of benzene rings is 1. The van der Waals surface area contributed by atoms with Gasteiger partial charge in [0.25, 0.3) is 0 Å². The number of likely N-dealkylation sites (tertiary alicyclic amines) is 2. The monoisotopic (exact) mass is 578 g/mol. The van der Waals surface area contributed by atoms with E-state index >= 15 is 4.39 Å². The third-order valence-electron chi connectivity index (χ3n) is 5.84. The van der Waals surface area contributed by atoms with Crippen molar-refractivity contribution in [1.82, 2.24) is 29.7 Å². The van der Waals surface area contributed by atoms with Crippen molar-refractivity contribution in [3.8, 4) is 0 Å². The first-order valence-electron chi connectivity index (χ1n) is 17.5. The summed E-state index contributed by atoms with van der Waals surface area (Å²) < 4.78 is 176. The van der Waals surface area contributed by atoms with E-state index in [0.29, 0.717) is 18.2 Å². The minimum atomic E-state index is -5.65. The number of carbonyl (C=O) groups is 2. The molecule has 2 aliphatic heterocycles. The fraction of sp³-hybridized carbons (Fsp3) is 0.462. The fourth-order valence-electron chi connectivity index (χ4n) is 4.06. The number of urea groups is 1. The number of hydrogen-bond donors (Lipinski definition) is 2. The topological polar surface area (TPSA) is 103 Å². The summed E-state index contributed by atoms with van der Waals surface area (Å²) in [6.07, 6.45) is -15.3. The molecule has 2 N–H and O–H groups in total. The first-order chi connectivity index (χ1) is 23.5. The zero-order chi connectivity index (χ0) is 39.4. The standard InChI is InChI=1S/C26H27F5N6O3/c27-18-4-1-3-17(21(18)28)15-6-7-19(23(38)36(13-15)14-26(29,30)31)33-24(39)35-11-8-16(9-12-35)37-20-5-2-10-32-22(20)34-25(37)40/h1-5,10,15-16,19H,6-9,11-14H2,(H,33,39)(H,32,34,40)/t15-,19-/m1/s1/i6D2,7D2,11D2,12D2,13D2,15D,19D. The van der Waals surface area contributed by atoms with Gasteiger partial charge in [-0.3, -0.25) is 14.3 Å². The quantitative estimate of drug-likeness (QED) is 0.461. The van der Waals surface area contributed by atoms with Crippen LogP contribution in [0.2, 0.25) is 0 Å². The second-order valence-electron chi connectivity index (χ2n) is 8.53. The minimum Gasteiger partial charge on any atom is -0.331 e. The Labute approximate surface area is 241 Å². The van der Waals surface area contributed by atoms with Gasteiger partial charge in [-0.15, -0.1) is 0 Å². The summed E-state index contributed by atoms with van der Waals surface area (Å²) in [4.78, 5) is 45.5. The molecular weight excluding hydrogens is 539 g/mol. The van der Waals surface area contributed by atoms with Crippen LogP contribution in [0.5, 0.6) is 0 Å². The highest BCUT2D eigenvalue weighted by Gasteiger charge is 2.40. The number of nitrogens with zero attached hydrogens (tertiary/aromatic N) is 4. The average Bonchev–Trinajstić information content (AvgIpc) is 3.33. The Morgan fingerprint density at radius 1 is 1.15 bits per heavy atom. The van der Waals surface area contributed by atoms with Gasteiger partial charge in [0.2, 0.25) is 5.91 Å². The van der Waals surface area contributed by atoms with Crippen LogP contribution in [0.4, 0.5) is 26.7 Å². The average molecular weight is 579 g/mol. The van der Waals surface area contributed by atoms with E-state index in [4.69, 9.17) is 16.4 Å². The second kappa shape index (κ2) is 10.9. The third-order valence-corrected chi connectivity index (χ3v) is 5.84. The number of H-pyrrole nitrogens is 1. The number of piperidine rings is 1. The molecule has 0 bridgehead atoms. The van der Waals surface area contributed by atoms with E-state index in [0.717, 1.165) is 4.57 Å². The Balaban J connectivity index is 1.65. The maximum absolute atomic E-state index is 15.2. The summed E-state index contributed by atoms with van der Waals surface area (Å²) in [5.41, 5.74) is -2.40. The number of rotatable bonds is 4. The number of pyridine rings is 1. The molecule has 0 spiro atoms. The van der Waals surface area contributed by atoms with Gasteiger partial charge in [-0.25, -0.2) is 23.4 Å². The van der Waals surface area contributed by atoms with Gasteiger partial charge in [-0.05, 0) is 49.4 Å². The van der Waals surface area contributed by atoms with Gasteiger partial charge in [0.05, 0.1) is 9.63 Å². The SMILES string of the molecule is [2H]C1([2H])CC(n2c(=O)[nH]c3ncccc32)CC([2H])([2H])N1C(=O)N[C@@]1([2H])C(=O)N(CC(F)(F)F)C([2H])([2H])[C@]([2H])(c2cccc(F)c2F)C([2H])([2H])C1([2H])[2H]. The predicted octanol–water partition coefficient (Wildman–Crippen LogP) is 3.69. The van der Waals surface area contributed by atoms with Gasteiger partial charge < -0.3 is 15.1 Å². The summed E-state index contributed by atoms with van der Waals surface area (Å²) >= 11 is 0. The van der Waals surface area contributed by atoms with Crippen molar-refractivity contribution in [2.45, 2.75) is 49.7 Å². The Hall–Kier alpha value is -3.97. The normalized spacial score (nSPS) is 35.5. The highest BCUT2D eigenvalue weighted by molar-refractivity contribution is 5.87. The van der Waals surface area contributed by atoms with Crippen molar-refractivity contribution < 1.29 is 48.0 Å². The number of nitrogens with one attached hydrogen (secondary N) is 2. The molecule has 5 rings (SSSR count). The summed E-state index contributed by atoms with van der Waals surface area (Å²) in [6, 6.07) is -3.90. The fourth-order valence-corrected chi connectivity index (χ4v) is 4.06. The largest absolute Gasteiger partial charge is 0.406 e. The molecule has 2 aromatic heterocycles. The lowest BCUT2D eigenvalue weighted by Gasteiger charge is -2.34. The van der Waals surface area contributed by atoms with Crippen molar-refractivity contribution in [2.24, 2.45) is 0 Å². The highest BCUT2D eigenvalue weighted by Crippen LogP contribution is 2.32. The number of aromatic nitrogens is 3. The van der Waals surface area contributed by atoms with Gasteiger partial charge >= 0.3 is 17.9 Å². The van der Waals surface area contributed by atoms with E-state index in [9.17, 15) is 31.9 Å². The van der Waals surface area contributed by atoms with Crippen LogP contribution in [0, 0.1) is 11.6 Å². The summed E-state index contributed by atoms with van der Waals surface area (Å²) in [7, 11) is 0. The van der Waals surface area contributed by atoms with Crippen molar-refractivity contribution in [3.05, 3.63) is 64.2 Å². The Morgan fingerprint density at radius 3 is 2.62 bits per heavy atom. The van der Waals surface area contributed by atoms with E-state index in [1.165, 1.54) is 23.6 Å². The number of alkyl halides is 3. The second-order valence-corrected chi connectivity index (χ2v) is 8.53. The molecule has 2 fully saturated rings. The molecule has 0 saturated carbocycles. The smallest absolute Gasteiger partial charge is 0.331 e. The number of aromatic amines is 1. The summed E-state index contributed by atoms with van der Waals surface area (Å²) in [5, 5.41) is 1.27. The number of halogens is 5. The van der Waals surface area contributed by atoms with Gasteiger partial charge in [-0.1, -0.05) is 12.1 Å². The molecular formula is C26H27F5N6O3. The predicted molar refractivity (Wildman–Crippen MR) is 133 cm³/mol. The van der Waals surface area contributed by atoms with E-state index in [1.54, 1.807) is 0 Å². The number of carbonyl (C=O) groups excluding carboxylic acids is 2. The van der Waals surface area contributed by atoms with Crippen LogP contribution in [0.1, 0.15) is 59.5 Å². The van der Waals surface area contributed by atoms with Crippen LogP contribution in [0.15, 0.2) is 41.3 Å². The zero-order valence-corrected chi connectivity index (χ0v) is 20.1. The van der Waals surface area contributed by atoms with Crippen LogP contribution in [0.3, 0.4) is 0 Å². The van der Waals surface area contributed by atoms with Crippen LogP contribution < -0.4 is 11.0 Å². The van der Waals surface area contributed by atoms with Gasteiger partial charge in [0.15, 0.2) is 17.3 Å². The molecule has 0 aliphatic carbocycles. The molecule has 0 radical (unpaired) electrons. The maximum Gasteiger partial charge on any atom is 0.406 e. The van der Waals surface area contributed by atoms with Gasteiger partial charge in [-0.2, -0.15) is 13.2 Å². The Kier molecular flexibility index (Phi) is 4.45. The van der Waals surface area contributed by atoms with Gasteiger partial charge in [0.1, 0.15) is 12.6 Å². The molecule has 14 heteroatoms. The molecule has 214 valence electrons. The minimum absolute atomic E-state index is 0.0418. The molecule has 0 unspecified atom stereocenters. The van der Waals surface area contributed by atoms with Crippen LogP contribution in [0.25, 0.3) is 11.2 Å². The lowest BCUT2D eigenvalue weighted by molar-refractivity contribution is -0.162. The van der Waals surface area contributed by atoms with Crippen molar-refractivity contribution in [1.29, 1.82) is 0 Å². The lowest BCUT2D eigenvalue weighted by Crippen LogP contribution is -2.54. The van der Waals surface area contributed by atoms with Crippen molar-refractivity contribution >= 4 is 23.1 Å². The van der Waals surface area contributed by atoms with Crippen molar-refractivity contribution in [2.75, 3.05) is 26.0 Å². The lowest BCUT2D eigenvalue weighted by atomic mass is 9.93. The first-order valence-corrected chi connectivity index (χ1v) is 11.5. The Morgan fingerprint density at radius 2 is 1.90 bits per heavy atom. The summed E-state index contributed by atoms with van der Waals surface area (Å²) in [5.74, 6) is -11.2. The van der Waals surface area contributed by atoms with E-state index in [-0.39, 0.29) is 16.1 Å². The number of fused-ring (bicyclic) bond motifs is 1. The molecule has 4 heterocycles. The molecule has 2 aliphatic rings. The molecule has 3 amide bonds. The van der Waals surface area contributed by atoms with Crippen LogP contribution in [-0.2, 0) is 4.79 Å². The van der Waals surface area contributed by atoms with E-state index in [2.05, 4.69) is 9.97 Å².